The maximum Gasteiger partial charge on any atom is 0.344 e. The highest BCUT2D eigenvalue weighted by Crippen LogP contribution is 2.25. The first-order chi connectivity index (χ1) is 14.5. The van der Waals surface area contributed by atoms with Crippen LogP contribution in [0.4, 0.5) is 5.69 Å². The van der Waals surface area contributed by atoms with Crippen LogP contribution < -0.4 is 14.8 Å². The number of carbonyl (C=O) groups is 3. The van der Waals surface area contributed by atoms with Crippen molar-refractivity contribution in [2.24, 2.45) is 0 Å². The van der Waals surface area contributed by atoms with Crippen LogP contribution in [0.2, 0.25) is 0 Å². The number of hydrogen-bond acceptors (Lipinski definition) is 6. The molecule has 30 heavy (non-hydrogen) atoms. The Morgan fingerprint density at radius 1 is 0.933 bits per heavy atom. The number of esters is 1. The van der Waals surface area contributed by atoms with E-state index in [2.05, 4.69) is 5.32 Å². The Bertz CT molecular complexity index is 879. The van der Waals surface area contributed by atoms with E-state index in [-0.39, 0.29) is 12.5 Å². The lowest BCUT2D eigenvalue weighted by Crippen LogP contribution is -2.30. The minimum atomic E-state index is -0.693. The fourth-order valence-corrected chi connectivity index (χ4v) is 2.68. The van der Waals surface area contributed by atoms with E-state index in [0.29, 0.717) is 35.8 Å². The molecule has 0 aliphatic heterocycles. The first-order valence-electron chi connectivity index (χ1n) is 9.59. The number of nitrogens with zero attached hydrogens (tertiary/aromatic N) is 1. The minimum Gasteiger partial charge on any atom is -0.493 e. The molecule has 1 N–H and O–H groups in total. The van der Waals surface area contributed by atoms with Gasteiger partial charge in [0.2, 0.25) is 0 Å². The van der Waals surface area contributed by atoms with Gasteiger partial charge in [0.15, 0.2) is 24.7 Å². The van der Waals surface area contributed by atoms with Gasteiger partial charge in [0.25, 0.3) is 11.8 Å². The summed E-state index contributed by atoms with van der Waals surface area (Å²) in [6.45, 7) is 4.17. The zero-order chi connectivity index (χ0) is 21.9. The number of rotatable bonds is 10. The Balaban J connectivity index is 1.83. The number of anilines is 1. The molecule has 0 saturated carbocycles. The highest BCUT2D eigenvalue weighted by Gasteiger charge is 2.14. The van der Waals surface area contributed by atoms with Crippen molar-refractivity contribution < 1.29 is 28.6 Å². The van der Waals surface area contributed by atoms with Crippen molar-refractivity contribution in [2.45, 2.75) is 13.8 Å². The summed E-state index contributed by atoms with van der Waals surface area (Å²) in [4.78, 5) is 38.0. The van der Waals surface area contributed by atoms with E-state index in [0.717, 1.165) is 0 Å². The highest BCUT2D eigenvalue weighted by molar-refractivity contribution is 5.97. The zero-order valence-electron chi connectivity index (χ0n) is 17.3. The van der Waals surface area contributed by atoms with E-state index < -0.39 is 18.5 Å². The Morgan fingerprint density at radius 2 is 1.63 bits per heavy atom. The summed E-state index contributed by atoms with van der Waals surface area (Å²) in [7, 11) is 1.50. The number of methoxy groups -OCH3 is 1. The molecule has 0 aromatic heterocycles. The standard InChI is InChI=1S/C22H26N2O6/c1-4-24(5-2)22(27)16-9-8-10-17(13-16)23-20(25)14-30-21(26)15-29-19-12-7-6-11-18(19)28-3/h6-13H,4-5,14-15H2,1-3H3,(H,23,25). The normalized spacial score (nSPS) is 10.1. The smallest absolute Gasteiger partial charge is 0.344 e. The molecule has 0 saturated heterocycles. The van der Waals surface area contributed by atoms with E-state index in [4.69, 9.17) is 14.2 Å². The Morgan fingerprint density at radius 3 is 2.30 bits per heavy atom. The third-order valence-electron chi connectivity index (χ3n) is 4.22. The van der Waals surface area contributed by atoms with Gasteiger partial charge in [-0.2, -0.15) is 0 Å². The van der Waals surface area contributed by atoms with Gasteiger partial charge in [-0.1, -0.05) is 18.2 Å². The van der Waals surface area contributed by atoms with Crippen molar-refractivity contribution in [2.75, 3.05) is 38.7 Å². The molecule has 0 aliphatic rings. The van der Waals surface area contributed by atoms with Gasteiger partial charge in [-0.15, -0.1) is 0 Å². The van der Waals surface area contributed by atoms with Crippen molar-refractivity contribution in [1.29, 1.82) is 0 Å². The summed E-state index contributed by atoms with van der Waals surface area (Å²) in [6, 6.07) is 13.5. The molecule has 8 nitrogen and oxygen atoms in total. The SMILES string of the molecule is CCN(CC)C(=O)c1cccc(NC(=O)COC(=O)COc2ccccc2OC)c1. The number of ether oxygens (including phenoxy) is 3. The maximum absolute atomic E-state index is 12.4. The lowest BCUT2D eigenvalue weighted by molar-refractivity contribution is -0.149. The number of carbonyl (C=O) groups excluding carboxylic acids is 3. The second-order valence-electron chi connectivity index (χ2n) is 6.21. The van der Waals surface area contributed by atoms with E-state index in [9.17, 15) is 14.4 Å². The summed E-state index contributed by atoms with van der Waals surface area (Å²) in [5, 5.41) is 2.61. The van der Waals surface area contributed by atoms with Crippen molar-refractivity contribution >= 4 is 23.5 Å². The molecule has 0 heterocycles. The van der Waals surface area contributed by atoms with Crippen LogP contribution in [0.1, 0.15) is 24.2 Å². The number of benzene rings is 2. The van der Waals surface area contributed by atoms with Crippen LogP contribution in [0.3, 0.4) is 0 Å². The molecule has 0 spiro atoms. The molecule has 2 amide bonds. The van der Waals surface area contributed by atoms with Crippen LogP contribution in [-0.4, -0.2) is 56.1 Å². The Hall–Kier alpha value is -3.55. The molecule has 160 valence electrons. The summed E-state index contributed by atoms with van der Waals surface area (Å²) < 4.78 is 15.4. The van der Waals surface area contributed by atoms with Crippen LogP contribution in [0.5, 0.6) is 11.5 Å². The topological polar surface area (TPSA) is 94.2 Å². The summed E-state index contributed by atoms with van der Waals surface area (Å²) in [6.07, 6.45) is 0. The molecule has 2 aromatic rings. The molecule has 0 bridgehead atoms. The maximum atomic E-state index is 12.4. The summed E-state index contributed by atoms with van der Waals surface area (Å²) >= 11 is 0. The largest absolute Gasteiger partial charge is 0.493 e. The molecule has 0 fully saturated rings. The fourth-order valence-electron chi connectivity index (χ4n) is 2.68. The molecule has 2 rings (SSSR count). The summed E-state index contributed by atoms with van der Waals surface area (Å²) in [5.41, 5.74) is 0.915. The molecule has 0 unspecified atom stereocenters. The van der Waals surface area contributed by atoms with Crippen molar-refractivity contribution in [1.82, 2.24) is 4.90 Å². The van der Waals surface area contributed by atoms with E-state index in [1.54, 1.807) is 53.4 Å². The number of para-hydroxylation sites is 2. The second-order valence-corrected chi connectivity index (χ2v) is 6.21. The molecule has 0 radical (unpaired) electrons. The molecular formula is C22H26N2O6. The van der Waals surface area contributed by atoms with Gasteiger partial charge >= 0.3 is 5.97 Å². The zero-order valence-corrected chi connectivity index (χ0v) is 17.3. The van der Waals surface area contributed by atoms with Gasteiger partial charge < -0.3 is 24.4 Å². The van der Waals surface area contributed by atoms with Gasteiger partial charge in [-0.3, -0.25) is 9.59 Å². The van der Waals surface area contributed by atoms with E-state index in [1.807, 2.05) is 13.8 Å². The van der Waals surface area contributed by atoms with Crippen LogP contribution in [0.25, 0.3) is 0 Å². The van der Waals surface area contributed by atoms with Crippen LogP contribution in [0, 0.1) is 0 Å². The van der Waals surface area contributed by atoms with Crippen LogP contribution in [-0.2, 0) is 14.3 Å². The van der Waals surface area contributed by atoms with E-state index >= 15 is 0 Å². The van der Waals surface area contributed by atoms with Gasteiger partial charge in [-0.25, -0.2) is 4.79 Å². The van der Waals surface area contributed by atoms with Crippen molar-refractivity contribution in [3.63, 3.8) is 0 Å². The van der Waals surface area contributed by atoms with Gasteiger partial charge in [0.1, 0.15) is 0 Å². The lowest BCUT2D eigenvalue weighted by atomic mass is 10.1. The lowest BCUT2D eigenvalue weighted by Gasteiger charge is -2.19. The second kappa shape index (κ2) is 11.5. The number of amides is 2. The predicted molar refractivity (Wildman–Crippen MR) is 112 cm³/mol. The third kappa shape index (κ3) is 6.51. The Labute approximate surface area is 175 Å². The Kier molecular flexibility index (Phi) is 8.68. The first kappa shape index (κ1) is 22.7. The first-order valence-corrected chi connectivity index (χ1v) is 9.59. The number of nitrogens with one attached hydrogen (secondary N) is 1. The van der Waals surface area contributed by atoms with Gasteiger partial charge in [0.05, 0.1) is 7.11 Å². The van der Waals surface area contributed by atoms with Crippen molar-refractivity contribution in [3.05, 3.63) is 54.1 Å². The van der Waals surface area contributed by atoms with Crippen LogP contribution in [0.15, 0.2) is 48.5 Å². The molecule has 2 aromatic carbocycles. The minimum absolute atomic E-state index is 0.115. The van der Waals surface area contributed by atoms with Crippen molar-refractivity contribution in [3.8, 4) is 11.5 Å². The molecular weight excluding hydrogens is 388 g/mol. The average Bonchev–Trinajstić information content (AvgIpc) is 2.77. The van der Waals surface area contributed by atoms with Gasteiger partial charge in [0, 0.05) is 24.3 Å². The molecule has 8 heteroatoms. The van der Waals surface area contributed by atoms with Gasteiger partial charge in [-0.05, 0) is 44.2 Å². The monoisotopic (exact) mass is 414 g/mol. The fraction of sp³-hybridized carbons (Fsp3) is 0.318. The third-order valence-corrected chi connectivity index (χ3v) is 4.22. The van der Waals surface area contributed by atoms with E-state index in [1.165, 1.54) is 7.11 Å². The predicted octanol–water partition coefficient (Wildman–Crippen LogP) is 2.74. The average molecular weight is 414 g/mol. The van der Waals surface area contributed by atoms with Crippen LogP contribution >= 0.6 is 0 Å². The molecule has 0 aliphatic carbocycles. The highest BCUT2D eigenvalue weighted by atomic mass is 16.6. The summed E-state index contributed by atoms with van der Waals surface area (Å²) in [5.74, 6) is -0.441. The number of hydrogen-bond donors (Lipinski definition) is 1. The molecule has 0 atom stereocenters. The quantitative estimate of drug-likeness (QED) is 0.601.